The van der Waals surface area contributed by atoms with E-state index in [-0.39, 0.29) is 18.0 Å². The van der Waals surface area contributed by atoms with Gasteiger partial charge in [-0.1, -0.05) is 22.8 Å². The van der Waals surface area contributed by atoms with E-state index in [1.807, 2.05) is 0 Å². The molecule has 2 aromatic carbocycles. The molecule has 0 atom stereocenters. The molecule has 0 unspecified atom stereocenters. The van der Waals surface area contributed by atoms with E-state index in [2.05, 4.69) is 10.5 Å². The summed E-state index contributed by atoms with van der Waals surface area (Å²) in [6.07, 6.45) is 0. The Hall–Kier alpha value is -2.86. The molecule has 134 valence electrons. The molecule has 3 rings (SSSR count). The average Bonchev–Trinajstić information content (AvgIpc) is 2.98. The van der Waals surface area contributed by atoms with Crippen LogP contribution in [0.2, 0.25) is 5.02 Å². The molecule has 0 spiro atoms. The van der Waals surface area contributed by atoms with E-state index in [1.54, 1.807) is 50.2 Å². The minimum Gasteiger partial charge on any atom is -0.489 e. The van der Waals surface area contributed by atoms with Gasteiger partial charge in [0.25, 0.3) is 5.91 Å². The summed E-state index contributed by atoms with van der Waals surface area (Å²) >= 11 is 5.84. The van der Waals surface area contributed by atoms with E-state index in [0.717, 1.165) is 5.56 Å². The van der Waals surface area contributed by atoms with E-state index in [9.17, 15) is 9.18 Å². The van der Waals surface area contributed by atoms with Crippen molar-refractivity contribution < 1.29 is 18.4 Å². The van der Waals surface area contributed by atoms with Crippen LogP contribution in [0.25, 0.3) is 0 Å². The van der Waals surface area contributed by atoms with Crippen molar-refractivity contribution in [2.45, 2.75) is 20.5 Å². The fraction of sp³-hybridized carbons (Fsp3) is 0.158. The molecule has 0 aliphatic rings. The number of rotatable bonds is 5. The van der Waals surface area contributed by atoms with Gasteiger partial charge >= 0.3 is 0 Å². The number of aromatic nitrogens is 1. The highest BCUT2D eigenvalue weighted by atomic mass is 35.5. The van der Waals surface area contributed by atoms with Gasteiger partial charge in [-0.25, -0.2) is 4.39 Å². The lowest BCUT2D eigenvalue weighted by Crippen LogP contribution is -2.16. The molecule has 5 nitrogen and oxygen atoms in total. The topological polar surface area (TPSA) is 64.4 Å². The highest BCUT2D eigenvalue weighted by Gasteiger charge is 2.21. The molecule has 7 heteroatoms. The monoisotopic (exact) mass is 374 g/mol. The second kappa shape index (κ2) is 7.58. The summed E-state index contributed by atoms with van der Waals surface area (Å²) in [6.45, 7) is 3.56. The molecule has 0 aliphatic carbocycles. The summed E-state index contributed by atoms with van der Waals surface area (Å²) in [5, 5.41) is 6.89. The van der Waals surface area contributed by atoms with E-state index in [4.69, 9.17) is 20.9 Å². The number of nitrogens with zero attached hydrogens (tertiary/aromatic N) is 1. The molecule has 26 heavy (non-hydrogen) atoms. The fourth-order valence-corrected chi connectivity index (χ4v) is 2.47. The lowest BCUT2D eigenvalue weighted by atomic mass is 10.1. The van der Waals surface area contributed by atoms with Crippen LogP contribution in [0.3, 0.4) is 0 Å². The average molecular weight is 375 g/mol. The van der Waals surface area contributed by atoms with E-state index >= 15 is 0 Å². The molecule has 0 aliphatic heterocycles. The zero-order valence-electron chi connectivity index (χ0n) is 14.2. The van der Waals surface area contributed by atoms with Crippen molar-refractivity contribution in [2.75, 3.05) is 5.32 Å². The molecule has 0 saturated heterocycles. The number of ether oxygens (including phenoxy) is 1. The minimum atomic E-state index is -0.568. The highest BCUT2D eigenvalue weighted by molar-refractivity contribution is 6.30. The number of hydrogen-bond acceptors (Lipinski definition) is 4. The largest absolute Gasteiger partial charge is 0.489 e. The van der Waals surface area contributed by atoms with Gasteiger partial charge in [-0.2, -0.15) is 0 Å². The molecule has 3 aromatic rings. The molecular formula is C19H16ClFN2O3. The SMILES string of the molecule is Cc1ccc(F)c(NC(=O)c2noc(C)c2COc2ccc(Cl)cc2)c1. The minimum absolute atomic E-state index is 0.0531. The van der Waals surface area contributed by atoms with Gasteiger partial charge in [0, 0.05) is 5.02 Å². The molecule has 0 saturated carbocycles. The van der Waals surface area contributed by atoms with Crippen molar-refractivity contribution in [2.24, 2.45) is 0 Å². The van der Waals surface area contributed by atoms with Crippen molar-refractivity contribution in [1.29, 1.82) is 0 Å². The maximum absolute atomic E-state index is 13.9. The Balaban J connectivity index is 1.77. The van der Waals surface area contributed by atoms with Crippen molar-refractivity contribution in [3.8, 4) is 5.75 Å². The van der Waals surface area contributed by atoms with Gasteiger partial charge in [0.1, 0.15) is 23.9 Å². The van der Waals surface area contributed by atoms with Crippen LogP contribution < -0.4 is 10.1 Å². The van der Waals surface area contributed by atoms with Gasteiger partial charge in [0.2, 0.25) is 0 Å². The maximum Gasteiger partial charge on any atom is 0.278 e. The number of nitrogens with one attached hydrogen (secondary N) is 1. The van der Waals surface area contributed by atoms with Crippen LogP contribution in [-0.4, -0.2) is 11.1 Å². The first-order chi connectivity index (χ1) is 12.4. The number of hydrogen-bond donors (Lipinski definition) is 1. The van der Waals surface area contributed by atoms with Gasteiger partial charge in [-0.3, -0.25) is 4.79 Å². The number of benzene rings is 2. The first-order valence-electron chi connectivity index (χ1n) is 7.85. The fourth-order valence-electron chi connectivity index (χ4n) is 2.34. The Labute approximate surface area is 154 Å². The molecule has 1 heterocycles. The predicted molar refractivity (Wildman–Crippen MR) is 96.1 cm³/mol. The van der Waals surface area contributed by atoms with Crippen molar-refractivity contribution >= 4 is 23.2 Å². The number of anilines is 1. The zero-order valence-corrected chi connectivity index (χ0v) is 14.9. The van der Waals surface area contributed by atoms with E-state index in [0.29, 0.717) is 22.1 Å². The van der Waals surface area contributed by atoms with Crippen molar-refractivity contribution in [1.82, 2.24) is 5.16 Å². The molecule has 1 aromatic heterocycles. The lowest BCUT2D eigenvalue weighted by Gasteiger charge is -2.08. The van der Waals surface area contributed by atoms with E-state index in [1.165, 1.54) is 6.07 Å². The number of amides is 1. The quantitative estimate of drug-likeness (QED) is 0.688. The van der Waals surface area contributed by atoms with Gasteiger partial charge < -0.3 is 14.6 Å². The summed E-state index contributed by atoms with van der Waals surface area (Å²) in [4.78, 5) is 12.5. The first-order valence-corrected chi connectivity index (χ1v) is 8.23. The summed E-state index contributed by atoms with van der Waals surface area (Å²) in [5.41, 5.74) is 1.45. The standard InChI is InChI=1S/C19H16ClFN2O3/c1-11-3-8-16(21)17(9-11)22-19(24)18-15(12(2)26-23-18)10-25-14-6-4-13(20)5-7-14/h3-9H,10H2,1-2H3,(H,22,24). The summed E-state index contributed by atoms with van der Waals surface area (Å²) in [7, 11) is 0. The molecule has 0 bridgehead atoms. The van der Waals surface area contributed by atoms with Gasteiger partial charge in [-0.05, 0) is 55.8 Å². The number of halogens is 2. The highest BCUT2D eigenvalue weighted by Crippen LogP contribution is 2.22. The molecule has 1 N–H and O–H groups in total. The van der Waals surface area contributed by atoms with Crippen LogP contribution in [0.4, 0.5) is 10.1 Å². The van der Waals surface area contributed by atoms with Crippen molar-refractivity contribution in [3.05, 3.63) is 75.9 Å². The van der Waals surface area contributed by atoms with E-state index < -0.39 is 11.7 Å². The molecular weight excluding hydrogens is 359 g/mol. The third-order valence-electron chi connectivity index (χ3n) is 3.77. The Morgan fingerprint density at radius 1 is 1.23 bits per heavy atom. The second-order valence-electron chi connectivity index (χ2n) is 5.75. The summed E-state index contributed by atoms with van der Waals surface area (Å²) in [6, 6.07) is 11.3. The number of carbonyl (C=O) groups excluding carboxylic acids is 1. The molecule has 1 amide bonds. The van der Waals surface area contributed by atoms with Crippen LogP contribution >= 0.6 is 11.6 Å². The summed E-state index contributed by atoms with van der Waals surface area (Å²) in [5.74, 6) is -0.0518. The maximum atomic E-state index is 13.9. The van der Waals surface area contributed by atoms with Crippen molar-refractivity contribution in [3.63, 3.8) is 0 Å². The third-order valence-corrected chi connectivity index (χ3v) is 4.02. The van der Waals surface area contributed by atoms with Crippen LogP contribution in [0.1, 0.15) is 27.4 Å². The smallest absolute Gasteiger partial charge is 0.278 e. The van der Waals surface area contributed by atoms with Crippen LogP contribution in [0.15, 0.2) is 47.0 Å². The molecule has 0 radical (unpaired) electrons. The first kappa shape index (κ1) is 17.9. The van der Waals surface area contributed by atoms with Gasteiger partial charge in [-0.15, -0.1) is 0 Å². The number of carbonyl (C=O) groups is 1. The van der Waals surface area contributed by atoms with Crippen LogP contribution in [-0.2, 0) is 6.61 Å². The summed E-state index contributed by atoms with van der Waals surface area (Å²) < 4.78 is 24.6. The zero-order chi connectivity index (χ0) is 18.7. The number of aryl methyl sites for hydroxylation is 2. The third kappa shape index (κ3) is 4.03. The Bertz CT molecular complexity index is 938. The molecule has 0 fully saturated rings. The second-order valence-corrected chi connectivity index (χ2v) is 6.18. The Morgan fingerprint density at radius 2 is 1.96 bits per heavy atom. The predicted octanol–water partition coefficient (Wildman–Crippen LogP) is 4.92. The van der Waals surface area contributed by atoms with Gasteiger partial charge in [0.15, 0.2) is 5.69 Å². The van der Waals surface area contributed by atoms with Crippen LogP contribution in [0, 0.1) is 19.7 Å². The van der Waals surface area contributed by atoms with Gasteiger partial charge in [0.05, 0.1) is 11.3 Å². The lowest BCUT2D eigenvalue weighted by molar-refractivity contribution is 0.101. The Kier molecular flexibility index (Phi) is 5.23. The normalized spacial score (nSPS) is 10.6. The Morgan fingerprint density at radius 3 is 2.69 bits per heavy atom. The van der Waals surface area contributed by atoms with Crippen LogP contribution in [0.5, 0.6) is 5.75 Å².